The first-order chi connectivity index (χ1) is 17.7. The maximum Gasteiger partial charge on any atom is 0.227 e. The lowest BCUT2D eigenvalue weighted by molar-refractivity contribution is 0.360. The molecule has 0 saturated carbocycles. The number of hydrogen-bond acceptors (Lipinski definition) is 8. The van der Waals surface area contributed by atoms with Crippen LogP contribution in [-0.2, 0) is 7.05 Å². The minimum atomic E-state index is 0.407. The van der Waals surface area contributed by atoms with Gasteiger partial charge in [0.2, 0.25) is 5.95 Å². The number of nitriles is 1. The van der Waals surface area contributed by atoms with E-state index in [4.69, 9.17) is 15.5 Å². The van der Waals surface area contributed by atoms with Crippen LogP contribution in [0.1, 0.15) is 18.1 Å². The monoisotopic (exact) mass is 498 g/mol. The molecule has 9 heteroatoms. The summed E-state index contributed by atoms with van der Waals surface area (Å²) in [5.74, 6) is 1.05. The van der Waals surface area contributed by atoms with Gasteiger partial charge < -0.3 is 30.2 Å². The number of fused-ring (bicyclic) bond motifs is 1. The topological polar surface area (TPSA) is 108 Å². The smallest absolute Gasteiger partial charge is 0.227 e. The fourth-order valence-corrected chi connectivity index (χ4v) is 4.46. The summed E-state index contributed by atoms with van der Waals surface area (Å²) >= 11 is 0. The van der Waals surface area contributed by atoms with Crippen molar-refractivity contribution in [3.63, 3.8) is 0 Å². The van der Waals surface area contributed by atoms with Crippen molar-refractivity contribution < 1.29 is 4.74 Å². The second-order valence-electron chi connectivity index (χ2n) is 9.27. The summed E-state index contributed by atoms with van der Waals surface area (Å²) in [5, 5.41) is 14.1. The number of rotatable bonds is 9. The van der Waals surface area contributed by atoms with Crippen molar-refractivity contribution in [2.45, 2.75) is 13.8 Å². The summed E-state index contributed by atoms with van der Waals surface area (Å²) in [6, 6.07) is 11.9. The summed E-state index contributed by atoms with van der Waals surface area (Å²) in [6.07, 6.45) is 3.73. The van der Waals surface area contributed by atoms with Crippen LogP contribution in [0.15, 0.2) is 42.7 Å². The largest absolute Gasteiger partial charge is 0.494 e. The number of nitrogens with two attached hydrogens (primary N) is 1. The number of nitrogens with one attached hydrogen (secondary N) is 1. The number of ether oxygens (including phenoxy) is 1. The first kappa shape index (κ1) is 25.8. The number of likely N-dealkylation sites (N-methyl/N-ethyl adjacent to an activating group) is 2. The lowest BCUT2D eigenvalue weighted by atomic mass is 10.0. The molecule has 0 radical (unpaired) electrons. The number of hydrogen-bond donors (Lipinski definition) is 2. The summed E-state index contributed by atoms with van der Waals surface area (Å²) in [4.78, 5) is 13.5. The maximum atomic E-state index is 9.77. The molecule has 0 spiro atoms. The summed E-state index contributed by atoms with van der Waals surface area (Å²) in [7, 11) is 7.70. The molecule has 0 bridgehead atoms. The Balaban J connectivity index is 1.64. The van der Waals surface area contributed by atoms with Crippen molar-refractivity contribution in [3.8, 4) is 23.1 Å². The molecule has 4 rings (SSSR count). The number of aromatic nitrogens is 3. The van der Waals surface area contributed by atoms with Crippen LogP contribution in [0.3, 0.4) is 0 Å². The van der Waals surface area contributed by atoms with E-state index >= 15 is 0 Å². The molecule has 3 N–H and O–H groups in total. The third-order valence-electron chi connectivity index (χ3n) is 6.71. The van der Waals surface area contributed by atoms with Gasteiger partial charge in [0.1, 0.15) is 11.8 Å². The van der Waals surface area contributed by atoms with Crippen LogP contribution in [0.5, 0.6) is 5.75 Å². The Morgan fingerprint density at radius 3 is 2.68 bits per heavy atom. The Hall–Kier alpha value is -4.29. The zero-order valence-electron chi connectivity index (χ0n) is 22.3. The van der Waals surface area contributed by atoms with Gasteiger partial charge >= 0.3 is 0 Å². The van der Waals surface area contributed by atoms with Crippen LogP contribution in [0.25, 0.3) is 22.2 Å². The second-order valence-corrected chi connectivity index (χ2v) is 9.27. The zero-order chi connectivity index (χ0) is 26.7. The van der Waals surface area contributed by atoms with Gasteiger partial charge in [-0.3, -0.25) is 0 Å². The maximum absolute atomic E-state index is 9.77. The molecule has 37 heavy (non-hydrogen) atoms. The van der Waals surface area contributed by atoms with E-state index in [1.165, 1.54) is 0 Å². The molecule has 0 saturated heterocycles. The molecule has 0 aliphatic heterocycles. The Labute approximate surface area is 218 Å². The third kappa shape index (κ3) is 5.29. The molecular weight excluding hydrogens is 464 g/mol. The number of nitrogen functional groups attached to an aromatic ring is 1. The van der Waals surface area contributed by atoms with E-state index in [2.05, 4.69) is 46.2 Å². The van der Waals surface area contributed by atoms with E-state index in [-0.39, 0.29) is 0 Å². The molecule has 0 amide bonds. The molecule has 2 aromatic heterocycles. The lowest BCUT2D eigenvalue weighted by Gasteiger charge is -2.25. The fraction of sp³-hybridized carbons (Fsp3) is 0.321. The number of anilines is 4. The molecule has 192 valence electrons. The molecular formula is C28H34N8O. The Kier molecular flexibility index (Phi) is 7.50. The number of methoxy groups -OCH3 is 1. The highest BCUT2D eigenvalue weighted by Gasteiger charge is 2.15. The van der Waals surface area contributed by atoms with Gasteiger partial charge in [-0.25, -0.2) is 9.97 Å². The van der Waals surface area contributed by atoms with Crippen molar-refractivity contribution in [2.24, 2.45) is 7.05 Å². The quantitative estimate of drug-likeness (QED) is 0.324. The molecule has 2 aromatic carbocycles. The van der Waals surface area contributed by atoms with E-state index in [0.717, 1.165) is 47.4 Å². The van der Waals surface area contributed by atoms with Crippen LogP contribution in [0, 0.1) is 18.3 Å². The average molecular weight is 499 g/mol. The summed E-state index contributed by atoms with van der Waals surface area (Å²) in [6.45, 7) is 6.94. The summed E-state index contributed by atoms with van der Waals surface area (Å²) < 4.78 is 7.66. The van der Waals surface area contributed by atoms with Crippen LogP contribution in [0.4, 0.5) is 23.0 Å². The predicted molar refractivity (Wildman–Crippen MR) is 151 cm³/mol. The standard InChI is InChI=1S/C28H34N8O/c1-7-34(3)10-11-35(4)25-15-26(37-6)24(14-22(25)30)33-28-31-9-8-23(32-28)19-12-20(16-29)27-21(13-19)18(2)17-36(27)5/h8-9,12-15,17H,7,10-11,30H2,1-6H3,(H,31,32,33). The van der Waals surface area contributed by atoms with Gasteiger partial charge in [-0.05, 0) is 50.3 Å². The van der Waals surface area contributed by atoms with Crippen molar-refractivity contribution in [1.82, 2.24) is 19.4 Å². The van der Waals surface area contributed by atoms with Gasteiger partial charge in [0, 0.05) is 56.6 Å². The van der Waals surface area contributed by atoms with Crippen LogP contribution >= 0.6 is 0 Å². The minimum absolute atomic E-state index is 0.407. The second kappa shape index (κ2) is 10.8. The normalized spacial score (nSPS) is 11.1. The first-order valence-corrected chi connectivity index (χ1v) is 12.2. The van der Waals surface area contributed by atoms with Crippen molar-refractivity contribution in [3.05, 3.63) is 53.9 Å². The molecule has 0 aliphatic carbocycles. The van der Waals surface area contributed by atoms with Gasteiger partial charge in [0.25, 0.3) is 0 Å². The molecule has 2 heterocycles. The highest BCUT2D eigenvalue weighted by Crippen LogP contribution is 2.36. The van der Waals surface area contributed by atoms with E-state index in [0.29, 0.717) is 34.3 Å². The van der Waals surface area contributed by atoms with E-state index < -0.39 is 0 Å². The fourth-order valence-electron chi connectivity index (χ4n) is 4.46. The van der Waals surface area contributed by atoms with Crippen LogP contribution in [-0.4, -0.2) is 60.3 Å². The van der Waals surface area contributed by atoms with Crippen molar-refractivity contribution in [2.75, 3.05) is 56.8 Å². The van der Waals surface area contributed by atoms with Gasteiger partial charge in [-0.2, -0.15) is 5.26 Å². The molecule has 4 aromatic rings. The van der Waals surface area contributed by atoms with Gasteiger partial charge in [0.15, 0.2) is 0 Å². The van der Waals surface area contributed by atoms with E-state index in [1.54, 1.807) is 13.3 Å². The van der Waals surface area contributed by atoms with Crippen LogP contribution < -0.4 is 20.7 Å². The average Bonchev–Trinajstić information content (AvgIpc) is 3.19. The number of benzene rings is 2. The van der Waals surface area contributed by atoms with Crippen molar-refractivity contribution >= 4 is 33.9 Å². The number of nitrogens with zero attached hydrogens (tertiary/aromatic N) is 6. The Bertz CT molecular complexity index is 1470. The first-order valence-electron chi connectivity index (χ1n) is 12.2. The van der Waals surface area contributed by atoms with E-state index in [1.807, 2.05) is 56.0 Å². The summed E-state index contributed by atoms with van der Waals surface area (Å²) in [5.41, 5.74) is 12.8. The molecule has 9 nitrogen and oxygen atoms in total. The zero-order valence-corrected chi connectivity index (χ0v) is 22.3. The van der Waals surface area contributed by atoms with Gasteiger partial charge in [-0.1, -0.05) is 6.92 Å². The lowest BCUT2D eigenvalue weighted by Crippen LogP contribution is -2.31. The highest BCUT2D eigenvalue weighted by molar-refractivity contribution is 5.92. The molecule has 0 atom stereocenters. The highest BCUT2D eigenvalue weighted by atomic mass is 16.5. The molecule has 0 unspecified atom stereocenters. The predicted octanol–water partition coefficient (Wildman–Crippen LogP) is 4.54. The Morgan fingerprint density at radius 2 is 1.97 bits per heavy atom. The number of aryl methyl sites for hydroxylation is 2. The van der Waals surface area contributed by atoms with Gasteiger partial charge in [-0.15, -0.1) is 0 Å². The molecule has 0 fully saturated rings. The van der Waals surface area contributed by atoms with Crippen LogP contribution in [0.2, 0.25) is 0 Å². The SMILES string of the molecule is CCN(C)CCN(C)c1cc(OC)c(Nc2nccc(-c3cc(C#N)c4c(c3)c(C)cn4C)n2)cc1N. The molecule has 0 aliphatic rings. The Morgan fingerprint density at radius 1 is 1.19 bits per heavy atom. The van der Waals surface area contributed by atoms with E-state index in [9.17, 15) is 5.26 Å². The minimum Gasteiger partial charge on any atom is -0.494 e. The van der Waals surface area contributed by atoms with Gasteiger partial charge in [0.05, 0.1) is 40.9 Å². The van der Waals surface area contributed by atoms with Crippen molar-refractivity contribution in [1.29, 1.82) is 5.26 Å². The third-order valence-corrected chi connectivity index (χ3v) is 6.71.